The van der Waals surface area contributed by atoms with Crippen LogP contribution in [0.5, 0.6) is 0 Å². The van der Waals surface area contributed by atoms with Crippen LogP contribution in [-0.2, 0) is 0 Å². The molecule has 0 saturated heterocycles. The fourth-order valence-electron chi connectivity index (χ4n) is 2.92. The highest BCUT2D eigenvalue weighted by atomic mass is 15.2. The molecule has 3 rings (SSSR count). The van der Waals surface area contributed by atoms with Gasteiger partial charge in [-0.2, -0.15) is 0 Å². The van der Waals surface area contributed by atoms with Crippen molar-refractivity contribution in [1.29, 1.82) is 0 Å². The van der Waals surface area contributed by atoms with E-state index in [2.05, 4.69) is 20.7 Å². The summed E-state index contributed by atoms with van der Waals surface area (Å²) < 4.78 is 0. The molecule has 1 aromatic heterocycles. The first kappa shape index (κ1) is 11.3. The molecule has 0 unspecified atom stereocenters. The Morgan fingerprint density at radius 3 is 2.94 bits per heavy atom. The lowest BCUT2D eigenvalue weighted by Crippen LogP contribution is -2.32. The number of rotatable bonds is 2. The third-order valence-corrected chi connectivity index (χ3v) is 3.84. The van der Waals surface area contributed by atoms with Gasteiger partial charge in [-0.25, -0.2) is 4.99 Å². The largest absolute Gasteiger partial charge is 0.346 e. The molecule has 1 saturated carbocycles. The average molecular weight is 245 g/mol. The standard InChI is InChI=1S/C13H19N5/c14-18-11(9-4-2-1-3-5-9)12-10-6-7-15-13(10)17-8-16-12/h6-9,15,18H,1-5,14H2,(H,16,17)/b12-11-. The summed E-state index contributed by atoms with van der Waals surface area (Å²) >= 11 is 0. The third kappa shape index (κ3) is 1.90. The molecule has 2 aliphatic rings. The number of aliphatic imine (C=N–C) groups is 1. The number of nitrogens with two attached hydrogens (primary N) is 1. The van der Waals surface area contributed by atoms with Gasteiger partial charge in [-0.05, 0) is 18.9 Å². The third-order valence-electron chi connectivity index (χ3n) is 3.84. The number of allylic oxidation sites excluding steroid dienone is 1. The maximum Gasteiger partial charge on any atom is 0.141 e. The van der Waals surface area contributed by atoms with E-state index in [1.54, 1.807) is 6.34 Å². The molecule has 0 atom stereocenters. The van der Waals surface area contributed by atoms with Gasteiger partial charge in [0.15, 0.2) is 0 Å². The van der Waals surface area contributed by atoms with Crippen LogP contribution in [0.2, 0.25) is 0 Å². The number of nitrogens with one attached hydrogen (secondary N) is 3. The number of H-pyrrole nitrogens is 1. The first-order valence-corrected chi connectivity index (χ1v) is 6.58. The van der Waals surface area contributed by atoms with Crippen LogP contribution < -0.4 is 16.6 Å². The van der Waals surface area contributed by atoms with Crippen molar-refractivity contribution in [2.45, 2.75) is 32.1 Å². The summed E-state index contributed by atoms with van der Waals surface area (Å²) in [6.07, 6.45) is 9.96. The Labute approximate surface area is 107 Å². The van der Waals surface area contributed by atoms with E-state index < -0.39 is 0 Å². The highest BCUT2D eigenvalue weighted by molar-refractivity contribution is 5.87. The van der Waals surface area contributed by atoms with Gasteiger partial charge in [-0.1, -0.05) is 19.3 Å². The fraction of sp³-hybridized carbons (Fsp3) is 0.462. The minimum Gasteiger partial charge on any atom is -0.346 e. The summed E-state index contributed by atoms with van der Waals surface area (Å²) in [5.41, 5.74) is 6.19. The maximum atomic E-state index is 5.76. The van der Waals surface area contributed by atoms with Gasteiger partial charge in [0.05, 0.1) is 17.7 Å². The van der Waals surface area contributed by atoms with Gasteiger partial charge >= 0.3 is 0 Å². The Kier molecular flexibility index (Phi) is 3.06. The fourth-order valence-corrected chi connectivity index (χ4v) is 2.92. The van der Waals surface area contributed by atoms with Crippen molar-refractivity contribution in [3.05, 3.63) is 23.5 Å². The molecule has 96 valence electrons. The van der Waals surface area contributed by atoms with Crippen LogP contribution in [-0.4, -0.2) is 11.3 Å². The quantitative estimate of drug-likeness (QED) is 0.475. The van der Waals surface area contributed by atoms with E-state index in [1.807, 2.05) is 12.3 Å². The van der Waals surface area contributed by atoms with Crippen molar-refractivity contribution < 1.29 is 0 Å². The Balaban J connectivity index is 1.98. The molecule has 1 aliphatic heterocycles. The Morgan fingerprint density at radius 1 is 1.33 bits per heavy atom. The predicted octanol–water partition coefficient (Wildman–Crippen LogP) is 1.99. The maximum absolute atomic E-state index is 5.76. The lowest BCUT2D eigenvalue weighted by atomic mass is 9.85. The van der Waals surface area contributed by atoms with Crippen LogP contribution >= 0.6 is 0 Å². The first-order valence-electron chi connectivity index (χ1n) is 6.58. The molecule has 5 N–H and O–H groups in total. The molecule has 5 nitrogen and oxygen atoms in total. The summed E-state index contributed by atoms with van der Waals surface area (Å²) in [4.78, 5) is 7.40. The summed E-state index contributed by atoms with van der Waals surface area (Å²) in [7, 11) is 0. The predicted molar refractivity (Wildman–Crippen MR) is 72.9 cm³/mol. The van der Waals surface area contributed by atoms with Gasteiger partial charge in [0.2, 0.25) is 0 Å². The summed E-state index contributed by atoms with van der Waals surface area (Å²) in [6, 6.07) is 2.04. The van der Waals surface area contributed by atoms with E-state index in [-0.39, 0.29) is 0 Å². The smallest absolute Gasteiger partial charge is 0.141 e. The molecule has 0 aromatic carbocycles. The van der Waals surface area contributed by atoms with Crippen molar-refractivity contribution in [3.63, 3.8) is 0 Å². The second-order valence-corrected chi connectivity index (χ2v) is 4.91. The summed E-state index contributed by atoms with van der Waals surface area (Å²) in [5, 5.41) is 3.24. The summed E-state index contributed by atoms with van der Waals surface area (Å²) in [5.74, 6) is 7.18. The lowest BCUT2D eigenvalue weighted by Gasteiger charge is -2.27. The van der Waals surface area contributed by atoms with Crippen LogP contribution in [0.15, 0.2) is 23.0 Å². The van der Waals surface area contributed by atoms with Gasteiger partial charge in [0.25, 0.3) is 0 Å². The molecular formula is C13H19N5. The number of hydrazine groups is 1. The van der Waals surface area contributed by atoms with E-state index in [4.69, 9.17) is 5.84 Å². The van der Waals surface area contributed by atoms with Gasteiger partial charge in [-0.3, -0.25) is 5.84 Å². The van der Waals surface area contributed by atoms with Crippen molar-refractivity contribution in [1.82, 2.24) is 15.7 Å². The topological polar surface area (TPSA) is 78.2 Å². The second kappa shape index (κ2) is 4.86. The van der Waals surface area contributed by atoms with Crippen LogP contribution in [0.4, 0.5) is 5.82 Å². The van der Waals surface area contributed by atoms with E-state index >= 15 is 0 Å². The zero-order valence-electron chi connectivity index (χ0n) is 10.4. The highest BCUT2D eigenvalue weighted by Gasteiger charge is 2.23. The second-order valence-electron chi connectivity index (χ2n) is 4.91. The van der Waals surface area contributed by atoms with E-state index in [0.29, 0.717) is 5.92 Å². The van der Waals surface area contributed by atoms with Crippen LogP contribution in [0.3, 0.4) is 0 Å². The lowest BCUT2D eigenvalue weighted by molar-refractivity contribution is 0.387. The zero-order chi connectivity index (χ0) is 12.4. The van der Waals surface area contributed by atoms with Gasteiger partial charge < -0.3 is 15.7 Å². The van der Waals surface area contributed by atoms with E-state index in [0.717, 1.165) is 22.8 Å². The highest BCUT2D eigenvalue weighted by Crippen LogP contribution is 2.34. The Morgan fingerprint density at radius 2 is 2.17 bits per heavy atom. The molecule has 1 aliphatic carbocycles. The van der Waals surface area contributed by atoms with Crippen molar-refractivity contribution >= 4 is 17.9 Å². The molecule has 0 bridgehead atoms. The van der Waals surface area contributed by atoms with Crippen LogP contribution in [0.25, 0.3) is 5.70 Å². The van der Waals surface area contributed by atoms with Gasteiger partial charge in [0, 0.05) is 17.7 Å². The van der Waals surface area contributed by atoms with E-state index in [9.17, 15) is 0 Å². The average Bonchev–Trinajstić information content (AvgIpc) is 2.90. The number of hydrogen-bond donors (Lipinski definition) is 4. The van der Waals surface area contributed by atoms with Crippen molar-refractivity contribution in [2.75, 3.05) is 0 Å². The van der Waals surface area contributed by atoms with E-state index in [1.165, 1.54) is 32.1 Å². The van der Waals surface area contributed by atoms with Gasteiger partial charge in [-0.15, -0.1) is 0 Å². The minimum atomic E-state index is 0.528. The number of aromatic nitrogens is 1. The minimum absolute atomic E-state index is 0.528. The van der Waals surface area contributed by atoms with Crippen LogP contribution in [0.1, 0.15) is 37.7 Å². The molecular weight excluding hydrogens is 226 g/mol. The van der Waals surface area contributed by atoms with Crippen molar-refractivity contribution in [2.24, 2.45) is 16.8 Å². The molecule has 18 heavy (non-hydrogen) atoms. The number of aromatic amines is 1. The first-order chi connectivity index (χ1) is 8.90. The van der Waals surface area contributed by atoms with Crippen molar-refractivity contribution in [3.8, 4) is 0 Å². The molecule has 0 spiro atoms. The molecule has 0 radical (unpaired) electrons. The normalized spacial score (nSPS) is 22.3. The van der Waals surface area contributed by atoms with Gasteiger partial charge in [0.1, 0.15) is 5.82 Å². The molecule has 2 heterocycles. The number of nitrogens with zero attached hydrogens (tertiary/aromatic N) is 1. The molecule has 1 fully saturated rings. The molecule has 1 aromatic rings. The molecule has 0 amide bonds. The summed E-state index contributed by atoms with van der Waals surface area (Å²) in [6.45, 7) is 0. The monoisotopic (exact) mass is 245 g/mol. The SMILES string of the molecule is NN/C(=C1\NC=Nc2[nH]ccc21)C1CCCCC1. The molecule has 5 heteroatoms. The number of hydrogen-bond acceptors (Lipinski definition) is 4. The Bertz CT molecular complexity index is 479. The Hall–Kier alpha value is -1.75. The van der Waals surface area contributed by atoms with Crippen LogP contribution in [0, 0.1) is 5.92 Å². The number of fused-ring (bicyclic) bond motifs is 1. The zero-order valence-corrected chi connectivity index (χ0v) is 10.4.